The molecule has 1 aromatic heterocycles. The molecule has 9 heteroatoms. The Kier molecular flexibility index (Phi) is 5.85. The molecular weight excluding hydrogens is 280 g/mol. The van der Waals surface area contributed by atoms with Crippen molar-refractivity contribution in [2.45, 2.75) is 17.9 Å². The van der Waals surface area contributed by atoms with Gasteiger partial charge in [-0.15, -0.1) is 0 Å². The average Bonchev–Trinajstić information content (AvgIpc) is 2.70. The van der Waals surface area contributed by atoms with Crippen molar-refractivity contribution in [2.24, 2.45) is 12.8 Å². The zero-order valence-corrected chi connectivity index (χ0v) is 11.3. The molecule has 0 atom stereocenters. The molecule has 0 fully saturated rings. The standard InChI is InChI=1S/C10H17F2N3O3S/c1-15-6-9(4-8(15)5-13)19(16,17)14-2-3-18-7-10(11)12/h4,6,10,14H,2-3,5,7,13H2,1H3. The number of hydrogen-bond donors (Lipinski definition) is 2. The first-order chi connectivity index (χ1) is 8.86. The summed E-state index contributed by atoms with van der Waals surface area (Å²) < 4.78 is 55.7. The number of nitrogens with one attached hydrogen (secondary N) is 1. The van der Waals surface area contributed by atoms with Crippen molar-refractivity contribution in [3.8, 4) is 0 Å². The molecule has 1 aromatic rings. The van der Waals surface area contributed by atoms with E-state index in [9.17, 15) is 17.2 Å². The van der Waals surface area contributed by atoms with Crippen LogP contribution in [0, 0.1) is 0 Å². The van der Waals surface area contributed by atoms with Gasteiger partial charge in [0.2, 0.25) is 10.0 Å². The lowest BCUT2D eigenvalue weighted by atomic mass is 10.4. The van der Waals surface area contributed by atoms with Gasteiger partial charge in [0.15, 0.2) is 0 Å². The van der Waals surface area contributed by atoms with E-state index in [-0.39, 0.29) is 24.6 Å². The fourth-order valence-corrected chi connectivity index (χ4v) is 2.54. The highest BCUT2D eigenvalue weighted by molar-refractivity contribution is 7.89. The molecule has 0 aliphatic carbocycles. The minimum atomic E-state index is -3.67. The molecule has 0 aliphatic heterocycles. The number of hydrogen-bond acceptors (Lipinski definition) is 4. The van der Waals surface area contributed by atoms with Gasteiger partial charge in [0.25, 0.3) is 6.43 Å². The number of aryl methyl sites for hydroxylation is 1. The van der Waals surface area contributed by atoms with Crippen molar-refractivity contribution in [2.75, 3.05) is 19.8 Å². The number of rotatable bonds is 8. The summed E-state index contributed by atoms with van der Waals surface area (Å²) in [6.45, 7) is -0.657. The summed E-state index contributed by atoms with van der Waals surface area (Å²) in [4.78, 5) is 0.0873. The molecule has 0 bridgehead atoms. The summed E-state index contributed by atoms with van der Waals surface area (Å²) in [6.07, 6.45) is -1.12. The maximum atomic E-state index is 11.8. The second-order valence-electron chi connectivity index (χ2n) is 3.85. The van der Waals surface area contributed by atoms with Crippen LogP contribution in [0.25, 0.3) is 0 Å². The van der Waals surface area contributed by atoms with Gasteiger partial charge in [-0.05, 0) is 6.07 Å². The van der Waals surface area contributed by atoms with Crippen LogP contribution in [-0.4, -0.2) is 39.2 Å². The number of halogens is 2. The van der Waals surface area contributed by atoms with Gasteiger partial charge in [0, 0.05) is 32.0 Å². The topological polar surface area (TPSA) is 86.3 Å². The smallest absolute Gasteiger partial charge is 0.261 e. The maximum absolute atomic E-state index is 11.8. The van der Waals surface area contributed by atoms with Crippen molar-refractivity contribution in [1.82, 2.24) is 9.29 Å². The first kappa shape index (κ1) is 16.0. The van der Waals surface area contributed by atoms with Gasteiger partial charge >= 0.3 is 0 Å². The Morgan fingerprint density at radius 1 is 1.53 bits per heavy atom. The van der Waals surface area contributed by atoms with Crippen LogP contribution in [0.4, 0.5) is 8.78 Å². The SMILES string of the molecule is Cn1cc(S(=O)(=O)NCCOCC(F)F)cc1CN. The summed E-state index contributed by atoms with van der Waals surface area (Å²) in [7, 11) is -1.98. The average molecular weight is 297 g/mol. The summed E-state index contributed by atoms with van der Waals surface area (Å²) in [5.41, 5.74) is 6.12. The second kappa shape index (κ2) is 6.94. The van der Waals surface area contributed by atoms with Crippen molar-refractivity contribution < 1.29 is 21.9 Å². The Morgan fingerprint density at radius 2 is 2.21 bits per heavy atom. The lowest BCUT2D eigenvalue weighted by molar-refractivity contribution is 0.0199. The van der Waals surface area contributed by atoms with Gasteiger partial charge in [0.05, 0.1) is 11.5 Å². The van der Waals surface area contributed by atoms with Crippen molar-refractivity contribution in [3.05, 3.63) is 18.0 Å². The van der Waals surface area contributed by atoms with Gasteiger partial charge in [0.1, 0.15) is 6.61 Å². The Balaban J connectivity index is 2.51. The number of sulfonamides is 1. The molecule has 1 heterocycles. The molecule has 0 saturated heterocycles. The molecule has 0 aliphatic rings. The fraction of sp³-hybridized carbons (Fsp3) is 0.600. The zero-order valence-electron chi connectivity index (χ0n) is 10.5. The highest BCUT2D eigenvalue weighted by Gasteiger charge is 2.16. The third-order valence-corrected chi connectivity index (χ3v) is 3.81. The molecule has 1 rings (SSSR count). The zero-order chi connectivity index (χ0) is 14.5. The minimum absolute atomic E-state index is 0.0676. The molecule has 0 amide bonds. The van der Waals surface area contributed by atoms with Gasteiger partial charge < -0.3 is 15.0 Å². The van der Waals surface area contributed by atoms with Crippen LogP contribution in [0.2, 0.25) is 0 Å². The molecule has 0 aromatic carbocycles. The van der Waals surface area contributed by atoms with E-state index in [4.69, 9.17) is 5.73 Å². The molecule has 6 nitrogen and oxygen atoms in total. The van der Waals surface area contributed by atoms with Gasteiger partial charge in [-0.2, -0.15) is 0 Å². The highest BCUT2D eigenvalue weighted by Crippen LogP contribution is 2.12. The van der Waals surface area contributed by atoms with E-state index in [1.165, 1.54) is 12.3 Å². The molecule has 19 heavy (non-hydrogen) atoms. The van der Waals surface area contributed by atoms with Crippen LogP contribution in [0.3, 0.4) is 0 Å². The molecule has 0 radical (unpaired) electrons. The van der Waals surface area contributed by atoms with Gasteiger partial charge in [-0.25, -0.2) is 21.9 Å². The first-order valence-corrected chi connectivity index (χ1v) is 7.06. The second-order valence-corrected chi connectivity index (χ2v) is 5.61. The van der Waals surface area contributed by atoms with E-state index in [0.29, 0.717) is 5.69 Å². The Labute approximate surface area is 110 Å². The monoisotopic (exact) mass is 297 g/mol. The number of ether oxygens (including phenoxy) is 1. The predicted octanol–water partition coefficient (Wildman–Crippen LogP) is 0.0438. The van der Waals surface area contributed by atoms with E-state index in [1.54, 1.807) is 11.6 Å². The third kappa shape index (κ3) is 4.86. The van der Waals surface area contributed by atoms with Crippen LogP contribution >= 0.6 is 0 Å². The van der Waals surface area contributed by atoms with E-state index in [0.717, 1.165) is 0 Å². The van der Waals surface area contributed by atoms with E-state index < -0.39 is 23.1 Å². The van der Waals surface area contributed by atoms with Crippen molar-refractivity contribution in [3.63, 3.8) is 0 Å². The van der Waals surface area contributed by atoms with E-state index >= 15 is 0 Å². The molecule has 0 saturated carbocycles. The van der Waals surface area contributed by atoms with Crippen LogP contribution in [-0.2, 0) is 28.4 Å². The molecule has 0 unspecified atom stereocenters. The summed E-state index contributed by atoms with van der Waals surface area (Å²) in [5.74, 6) is 0. The highest BCUT2D eigenvalue weighted by atomic mass is 32.2. The number of nitrogens with two attached hydrogens (primary N) is 1. The van der Waals surface area contributed by atoms with Crippen molar-refractivity contribution >= 4 is 10.0 Å². The fourth-order valence-electron chi connectivity index (χ4n) is 1.43. The quantitative estimate of drug-likeness (QED) is 0.664. The van der Waals surface area contributed by atoms with Crippen LogP contribution in [0.1, 0.15) is 5.69 Å². The molecule has 3 N–H and O–H groups in total. The van der Waals surface area contributed by atoms with E-state index in [1.807, 2.05) is 0 Å². The number of alkyl halides is 2. The van der Waals surface area contributed by atoms with Gasteiger partial charge in [-0.3, -0.25) is 0 Å². The summed E-state index contributed by atoms with van der Waals surface area (Å²) in [6, 6.07) is 1.46. The van der Waals surface area contributed by atoms with E-state index in [2.05, 4.69) is 9.46 Å². The van der Waals surface area contributed by atoms with Crippen LogP contribution in [0.15, 0.2) is 17.2 Å². The number of nitrogens with zero attached hydrogens (tertiary/aromatic N) is 1. The maximum Gasteiger partial charge on any atom is 0.261 e. The third-order valence-electron chi connectivity index (χ3n) is 2.38. The Morgan fingerprint density at radius 3 is 2.74 bits per heavy atom. The molecule has 0 spiro atoms. The van der Waals surface area contributed by atoms with Crippen LogP contribution in [0.5, 0.6) is 0 Å². The first-order valence-electron chi connectivity index (χ1n) is 5.57. The summed E-state index contributed by atoms with van der Waals surface area (Å²) in [5, 5.41) is 0. The molecule has 110 valence electrons. The predicted molar refractivity (Wildman–Crippen MR) is 65.3 cm³/mol. The summed E-state index contributed by atoms with van der Waals surface area (Å²) >= 11 is 0. The lowest BCUT2D eigenvalue weighted by Gasteiger charge is -2.05. The molecular formula is C10H17F2N3O3S. The van der Waals surface area contributed by atoms with Crippen molar-refractivity contribution in [1.29, 1.82) is 0 Å². The minimum Gasteiger partial charge on any atom is -0.374 e. The van der Waals surface area contributed by atoms with Crippen LogP contribution < -0.4 is 10.5 Å². The Bertz CT molecular complexity index is 502. The Hall–Kier alpha value is -1.03. The largest absolute Gasteiger partial charge is 0.374 e. The normalized spacial score (nSPS) is 12.3. The number of aromatic nitrogens is 1. The van der Waals surface area contributed by atoms with Gasteiger partial charge in [-0.1, -0.05) is 0 Å². The lowest BCUT2D eigenvalue weighted by Crippen LogP contribution is -2.27.